The average molecular weight is 228 g/mol. The Morgan fingerprint density at radius 3 is 2.80 bits per heavy atom. The van der Waals surface area contributed by atoms with Crippen molar-refractivity contribution in [3.8, 4) is 0 Å². The minimum absolute atomic E-state index is 0.0625. The minimum atomic E-state index is -0.0625. The van der Waals surface area contributed by atoms with Gasteiger partial charge in [-0.05, 0) is 30.5 Å². The summed E-state index contributed by atoms with van der Waals surface area (Å²) in [6.45, 7) is 5.39. The summed E-state index contributed by atoms with van der Waals surface area (Å²) >= 11 is 5.94. The molecule has 1 rings (SSSR count). The lowest BCUT2D eigenvalue weighted by atomic mass is 10.1. The van der Waals surface area contributed by atoms with Crippen molar-refractivity contribution in [1.82, 2.24) is 0 Å². The van der Waals surface area contributed by atoms with Crippen LogP contribution in [0.5, 0.6) is 0 Å². The van der Waals surface area contributed by atoms with E-state index in [-0.39, 0.29) is 6.04 Å². The monoisotopic (exact) mass is 227 g/mol. The van der Waals surface area contributed by atoms with E-state index in [9.17, 15) is 0 Å². The third kappa shape index (κ3) is 3.82. The molecule has 0 fully saturated rings. The SMILES string of the molecule is CCCOCC(N)c1ccc(Cl)c(C)c1. The van der Waals surface area contributed by atoms with Gasteiger partial charge >= 0.3 is 0 Å². The number of rotatable bonds is 5. The van der Waals surface area contributed by atoms with E-state index in [0.29, 0.717) is 6.61 Å². The lowest BCUT2D eigenvalue weighted by Crippen LogP contribution is -2.17. The average Bonchev–Trinajstić information content (AvgIpc) is 2.22. The largest absolute Gasteiger partial charge is 0.379 e. The summed E-state index contributed by atoms with van der Waals surface area (Å²) in [6.07, 6.45) is 1.02. The van der Waals surface area contributed by atoms with E-state index in [1.807, 2.05) is 25.1 Å². The molecule has 1 aromatic rings. The van der Waals surface area contributed by atoms with Crippen molar-refractivity contribution in [3.05, 3.63) is 34.3 Å². The summed E-state index contributed by atoms with van der Waals surface area (Å²) in [5, 5.41) is 0.778. The Morgan fingerprint density at radius 1 is 1.47 bits per heavy atom. The van der Waals surface area contributed by atoms with Crippen molar-refractivity contribution in [2.75, 3.05) is 13.2 Å². The van der Waals surface area contributed by atoms with E-state index < -0.39 is 0 Å². The number of benzene rings is 1. The van der Waals surface area contributed by atoms with E-state index in [1.54, 1.807) is 0 Å². The number of nitrogens with two attached hydrogens (primary N) is 1. The molecule has 84 valence electrons. The van der Waals surface area contributed by atoms with Crippen LogP contribution in [0.2, 0.25) is 5.02 Å². The Hall–Kier alpha value is -0.570. The van der Waals surface area contributed by atoms with E-state index in [2.05, 4.69) is 6.92 Å². The molecule has 0 aliphatic rings. The van der Waals surface area contributed by atoms with Gasteiger partial charge in [-0.3, -0.25) is 0 Å². The highest BCUT2D eigenvalue weighted by molar-refractivity contribution is 6.31. The third-order valence-corrected chi connectivity index (χ3v) is 2.68. The molecular weight excluding hydrogens is 210 g/mol. The summed E-state index contributed by atoms with van der Waals surface area (Å²) in [5.74, 6) is 0. The fourth-order valence-corrected chi connectivity index (χ4v) is 1.47. The molecule has 3 heteroatoms. The number of hydrogen-bond acceptors (Lipinski definition) is 2. The van der Waals surface area contributed by atoms with Gasteiger partial charge in [0.2, 0.25) is 0 Å². The number of halogens is 1. The number of hydrogen-bond donors (Lipinski definition) is 1. The van der Waals surface area contributed by atoms with E-state index >= 15 is 0 Å². The molecule has 0 saturated carbocycles. The first-order valence-corrected chi connectivity index (χ1v) is 5.62. The molecule has 0 heterocycles. The Labute approximate surface area is 96.4 Å². The lowest BCUT2D eigenvalue weighted by Gasteiger charge is -2.13. The van der Waals surface area contributed by atoms with Crippen LogP contribution >= 0.6 is 11.6 Å². The maximum Gasteiger partial charge on any atom is 0.0659 e. The van der Waals surface area contributed by atoms with E-state index in [1.165, 1.54) is 0 Å². The van der Waals surface area contributed by atoms with Crippen LogP contribution < -0.4 is 5.73 Å². The van der Waals surface area contributed by atoms with Gasteiger partial charge in [-0.1, -0.05) is 30.7 Å². The standard InChI is InChI=1S/C12H18ClNO/c1-3-6-15-8-12(14)10-4-5-11(13)9(2)7-10/h4-5,7,12H,3,6,8,14H2,1-2H3. The van der Waals surface area contributed by atoms with Crippen LogP contribution in [0.1, 0.15) is 30.5 Å². The first-order chi connectivity index (χ1) is 7.15. The maximum absolute atomic E-state index is 5.99. The summed E-state index contributed by atoms with van der Waals surface area (Å²) in [5.41, 5.74) is 8.12. The van der Waals surface area contributed by atoms with Crippen molar-refractivity contribution in [2.24, 2.45) is 5.73 Å². The minimum Gasteiger partial charge on any atom is -0.379 e. The highest BCUT2D eigenvalue weighted by Crippen LogP contribution is 2.19. The molecule has 2 nitrogen and oxygen atoms in total. The van der Waals surface area contributed by atoms with Gasteiger partial charge in [0.15, 0.2) is 0 Å². The second-order valence-electron chi connectivity index (χ2n) is 3.69. The summed E-state index contributed by atoms with van der Waals surface area (Å²) in [7, 11) is 0. The van der Waals surface area contributed by atoms with Crippen LogP contribution in [0.15, 0.2) is 18.2 Å². The maximum atomic E-state index is 5.99. The Kier molecular flexibility index (Phi) is 5.09. The van der Waals surface area contributed by atoms with Gasteiger partial charge in [0.25, 0.3) is 0 Å². The zero-order chi connectivity index (χ0) is 11.3. The van der Waals surface area contributed by atoms with Crippen LogP contribution in [0.4, 0.5) is 0 Å². The highest BCUT2D eigenvalue weighted by Gasteiger charge is 2.07. The van der Waals surface area contributed by atoms with Crippen molar-refractivity contribution in [1.29, 1.82) is 0 Å². The quantitative estimate of drug-likeness (QED) is 0.785. The second kappa shape index (κ2) is 6.11. The van der Waals surface area contributed by atoms with Crippen molar-refractivity contribution < 1.29 is 4.74 Å². The molecule has 0 aliphatic heterocycles. The molecule has 0 amide bonds. The van der Waals surface area contributed by atoms with E-state index in [0.717, 1.165) is 29.2 Å². The predicted molar refractivity (Wildman–Crippen MR) is 64.2 cm³/mol. The molecule has 2 N–H and O–H groups in total. The Balaban J connectivity index is 2.57. The van der Waals surface area contributed by atoms with Crippen molar-refractivity contribution in [2.45, 2.75) is 26.3 Å². The first-order valence-electron chi connectivity index (χ1n) is 5.24. The van der Waals surface area contributed by atoms with Gasteiger partial charge in [-0.2, -0.15) is 0 Å². The Morgan fingerprint density at radius 2 is 2.20 bits per heavy atom. The molecule has 0 radical (unpaired) electrons. The summed E-state index contributed by atoms with van der Waals surface area (Å²) < 4.78 is 5.41. The lowest BCUT2D eigenvalue weighted by molar-refractivity contribution is 0.121. The Bertz CT molecular complexity index is 314. The smallest absolute Gasteiger partial charge is 0.0659 e. The highest BCUT2D eigenvalue weighted by atomic mass is 35.5. The molecule has 0 aromatic heterocycles. The molecule has 15 heavy (non-hydrogen) atoms. The zero-order valence-corrected chi connectivity index (χ0v) is 10.1. The van der Waals surface area contributed by atoms with Gasteiger partial charge in [0.1, 0.15) is 0 Å². The molecule has 0 saturated heterocycles. The van der Waals surface area contributed by atoms with Gasteiger partial charge in [0, 0.05) is 11.6 Å². The molecule has 1 aromatic carbocycles. The first kappa shape index (κ1) is 12.5. The molecule has 1 unspecified atom stereocenters. The zero-order valence-electron chi connectivity index (χ0n) is 9.29. The summed E-state index contributed by atoms with van der Waals surface area (Å²) in [6, 6.07) is 5.79. The normalized spacial score (nSPS) is 12.8. The molecule has 0 bridgehead atoms. The molecule has 0 spiro atoms. The van der Waals surface area contributed by atoms with Crippen LogP contribution in [0.25, 0.3) is 0 Å². The van der Waals surface area contributed by atoms with Gasteiger partial charge in [-0.15, -0.1) is 0 Å². The third-order valence-electron chi connectivity index (χ3n) is 2.26. The van der Waals surface area contributed by atoms with Gasteiger partial charge in [-0.25, -0.2) is 0 Å². The van der Waals surface area contributed by atoms with Crippen LogP contribution in [0, 0.1) is 6.92 Å². The predicted octanol–water partition coefficient (Wildman–Crippen LogP) is 3.07. The van der Waals surface area contributed by atoms with Gasteiger partial charge < -0.3 is 10.5 Å². The fraction of sp³-hybridized carbons (Fsp3) is 0.500. The van der Waals surface area contributed by atoms with Crippen molar-refractivity contribution in [3.63, 3.8) is 0 Å². The molecular formula is C12H18ClNO. The van der Waals surface area contributed by atoms with Crippen LogP contribution in [0.3, 0.4) is 0 Å². The van der Waals surface area contributed by atoms with Crippen LogP contribution in [-0.4, -0.2) is 13.2 Å². The van der Waals surface area contributed by atoms with Crippen molar-refractivity contribution >= 4 is 11.6 Å². The van der Waals surface area contributed by atoms with Gasteiger partial charge in [0.05, 0.1) is 12.6 Å². The fourth-order valence-electron chi connectivity index (χ4n) is 1.35. The molecule has 1 atom stereocenters. The number of aryl methyl sites for hydroxylation is 1. The topological polar surface area (TPSA) is 35.2 Å². The van der Waals surface area contributed by atoms with Crippen LogP contribution in [-0.2, 0) is 4.74 Å². The second-order valence-corrected chi connectivity index (χ2v) is 4.10. The number of ether oxygens (including phenoxy) is 1. The summed E-state index contributed by atoms with van der Waals surface area (Å²) in [4.78, 5) is 0. The van der Waals surface area contributed by atoms with E-state index in [4.69, 9.17) is 22.1 Å². The molecule has 0 aliphatic carbocycles.